The molecule has 0 atom stereocenters. The molecule has 0 aromatic heterocycles. The fourth-order valence-electron chi connectivity index (χ4n) is 1.82. The summed E-state index contributed by atoms with van der Waals surface area (Å²) >= 11 is 0. The van der Waals surface area contributed by atoms with E-state index in [-0.39, 0.29) is 0 Å². The quantitative estimate of drug-likeness (QED) is 0.735. The topological polar surface area (TPSA) is 18.5 Å². The van der Waals surface area contributed by atoms with Gasteiger partial charge in [0.05, 0.1) is 6.61 Å². The van der Waals surface area contributed by atoms with Crippen molar-refractivity contribution >= 4 is 0 Å². The Morgan fingerprint density at radius 1 is 1.00 bits per heavy atom. The highest BCUT2D eigenvalue weighted by molar-refractivity contribution is 5.47. The highest BCUT2D eigenvalue weighted by Crippen LogP contribution is 2.29. The van der Waals surface area contributed by atoms with Crippen molar-refractivity contribution in [1.29, 1.82) is 0 Å². The Morgan fingerprint density at radius 2 is 1.76 bits per heavy atom. The summed E-state index contributed by atoms with van der Waals surface area (Å²) in [5.41, 5.74) is 1.90. The van der Waals surface area contributed by atoms with Crippen LogP contribution in [0.1, 0.15) is 25.0 Å². The zero-order chi connectivity index (χ0) is 15.1. The van der Waals surface area contributed by atoms with Crippen LogP contribution in [-0.2, 0) is 6.61 Å². The van der Waals surface area contributed by atoms with Crippen LogP contribution in [0, 0.1) is 18.3 Å². The van der Waals surface area contributed by atoms with Crippen LogP contribution < -0.4 is 9.47 Å². The van der Waals surface area contributed by atoms with Crippen LogP contribution in [0.25, 0.3) is 0 Å². The number of hydrogen-bond donors (Lipinski definition) is 0. The molecule has 2 aromatic carbocycles. The Kier molecular flexibility index (Phi) is 5.29. The Balaban J connectivity index is 2.13. The largest absolute Gasteiger partial charge is 0.489 e. The Morgan fingerprint density at radius 3 is 2.43 bits per heavy atom. The summed E-state index contributed by atoms with van der Waals surface area (Å²) < 4.78 is 11.7. The van der Waals surface area contributed by atoms with E-state index in [1.54, 1.807) is 0 Å². The predicted molar refractivity (Wildman–Crippen MR) is 85.5 cm³/mol. The first-order valence-corrected chi connectivity index (χ1v) is 7.09. The van der Waals surface area contributed by atoms with Gasteiger partial charge in [0.15, 0.2) is 11.5 Å². The first kappa shape index (κ1) is 15.0. The smallest absolute Gasteiger partial charge is 0.162 e. The highest BCUT2D eigenvalue weighted by atomic mass is 16.5. The third-order valence-corrected chi connectivity index (χ3v) is 2.92. The molecule has 2 heteroatoms. The van der Waals surface area contributed by atoms with Crippen molar-refractivity contribution in [2.24, 2.45) is 5.92 Å². The molecule has 0 saturated heterocycles. The summed E-state index contributed by atoms with van der Waals surface area (Å²) in [7, 11) is 0. The molecule has 2 aromatic rings. The second-order valence-corrected chi connectivity index (χ2v) is 5.28. The Labute approximate surface area is 126 Å². The minimum Gasteiger partial charge on any atom is -0.489 e. The molecule has 0 aliphatic heterocycles. The number of ether oxygens (including phenoxy) is 2. The van der Waals surface area contributed by atoms with Gasteiger partial charge in [-0.25, -0.2) is 0 Å². The maximum Gasteiger partial charge on any atom is 0.162 e. The lowest BCUT2D eigenvalue weighted by Crippen LogP contribution is -2.06. The van der Waals surface area contributed by atoms with Crippen LogP contribution >= 0.6 is 0 Å². The van der Waals surface area contributed by atoms with E-state index in [0.29, 0.717) is 24.9 Å². The van der Waals surface area contributed by atoms with Gasteiger partial charge in [-0.15, -0.1) is 6.42 Å². The molecule has 0 aliphatic carbocycles. The van der Waals surface area contributed by atoms with Crippen LogP contribution in [0.3, 0.4) is 0 Å². The molecule has 0 bridgehead atoms. The van der Waals surface area contributed by atoms with E-state index >= 15 is 0 Å². The van der Waals surface area contributed by atoms with Crippen molar-refractivity contribution in [1.82, 2.24) is 0 Å². The summed E-state index contributed by atoms with van der Waals surface area (Å²) in [4.78, 5) is 0. The average Bonchev–Trinajstić information content (AvgIpc) is 2.52. The minimum atomic E-state index is 0.458. The van der Waals surface area contributed by atoms with Crippen molar-refractivity contribution < 1.29 is 9.47 Å². The minimum absolute atomic E-state index is 0.458. The lowest BCUT2D eigenvalue weighted by atomic mass is 10.2. The Bertz CT molecular complexity index is 609. The zero-order valence-corrected chi connectivity index (χ0v) is 12.5. The number of rotatable bonds is 6. The number of benzene rings is 2. The van der Waals surface area contributed by atoms with E-state index < -0.39 is 0 Å². The lowest BCUT2D eigenvalue weighted by molar-refractivity contribution is 0.240. The van der Waals surface area contributed by atoms with Gasteiger partial charge in [-0.2, -0.15) is 0 Å². The Hall–Kier alpha value is -2.40. The summed E-state index contributed by atoms with van der Waals surface area (Å²) in [6.07, 6.45) is 5.45. The molecule has 2 rings (SSSR count). The van der Waals surface area contributed by atoms with E-state index in [4.69, 9.17) is 15.9 Å². The van der Waals surface area contributed by atoms with E-state index in [1.807, 2.05) is 48.5 Å². The van der Waals surface area contributed by atoms with Crippen LogP contribution in [0.5, 0.6) is 11.5 Å². The van der Waals surface area contributed by atoms with Crippen LogP contribution in [0.2, 0.25) is 0 Å². The van der Waals surface area contributed by atoms with Crippen LogP contribution in [0.15, 0.2) is 48.5 Å². The lowest BCUT2D eigenvalue weighted by Gasteiger charge is -2.14. The van der Waals surface area contributed by atoms with Crippen LogP contribution in [0.4, 0.5) is 0 Å². The van der Waals surface area contributed by atoms with Gasteiger partial charge >= 0.3 is 0 Å². The second kappa shape index (κ2) is 7.40. The monoisotopic (exact) mass is 280 g/mol. The summed E-state index contributed by atoms with van der Waals surface area (Å²) in [6.45, 7) is 5.37. The molecule has 0 radical (unpaired) electrons. The van der Waals surface area contributed by atoms with E-state index in [0.717, 1.165) is 16.9 Å². The summed E-state index contributed by atoms with van der Waals surface area (Å²) in [5.74, 6) is 4.50. The predicted octanol–water partition coefficient (Wildman–Crippen LogP) is 4.28. The molecular formula is C19H20O2. The van der Waals surface area contributed by atoms with Crippen molar-refractivity contribution in [3.63, 3.8) is 0 Å². The SMILES string of the molecule is C#Cc1ccc(OCC(C)C)c(OCc2ccccc2)c1. The van der Waals surface area contributed by atoms with Crippen molar-refractivity contribution in [3.05, 3.63) is 59.7 Å². The van der Waals surface area contributed by atoms with Crippen molar-refractivity contribution in [2.75, 3.05) is 6.61 Å². The fourth-order valence-corrected chi connectivity index (χ4v) is 1.82. The molecule has 0 fully saturated rings. The van der Waals surface area contributed by atoms with Gasteiger partial charge < -0.3 is 9.47 Å². The molecule has 21 heavy (non-hydrogen) atoms. The first-order chi connectivity index (χ1) is 10.2. The molecule has 0 saturated carbocycles. The molecule has 0 spiro atoms. The molecule has 0 N–H and O–H groups in total. The summed E-state index contributed by atoms with van der Waals surface area (Å²) in [5, 5.41) is 0. The third-order valence-electron chi connectivity index (χ3n) is 2.92. The van der Waals surface area contributed by atoms with Gasteiger partial charge in [0.2, 0.25) is 0 Å². The molecule has 0 aliphatic rings. The molecule has 108 valence electrons. The van der Waals surface area contributed by atoms with Gasteiger partial charge in [-0.05, 0) is 29.7 Å². The van der Waals surface area contributed by atoms with E-state index in [2.05, 4.69) is 19.8 Å². The fraction of sp³-hybridized carbons (Fsp3) is 0.263. The van der Waals surface area contributed by atoms with Crippen molar-refractivity contribution in [3.8, 4) is 23.8 Å². The molecule has 2 nitrogen and oxygen atoms in total. The maximum atomic E-state index is 5.88. The third kappa shape index (κ3) is 4.57. The maximum absolute atomic E-state index is 5.88. The molecule has 0 amide bonds. The van der Waals surface area contributed by atoms with Gasteiger partial charge in [0.25, 0.3) is 0 Å². The molecule has 0 unspecified atom stereocenters. The highest BCUT2D eigenvalue weighted by Gasteiger charge is 2.07. The zero-order valence-electron chi connectivity index (χ0n) is 12.5. The van der Waals surface area contributed by atoms with E-state index in [9.17, 15) is 0 Å². The average molecular weight is 280 g/mol. The van der Waals surface area contributed by atoms with E-state index in [1.165, 1.54) is 0 Å². The second-order valence-electron chi connectivity index (χ2n) is 5.28. The van der Waals surface area contributed by atoms with Gasteiger partial charge in [-0.1, -0.05) is 50.1 Å². The number of hydrogen-bond acceptors (Lipinski definition) is 2. The van der Waals surface area contributed by atoms with Gasteiger partial charge in [-0.3, -0.25) is 0 Å². The molecule has 0 heterocycles. The summed E-state index contributed by atoms with van der Waals surface area (Å²) in [6, 6.07) is 15.6. The standard InChI is InChI=1S/C19H20O2/c1-4-16-10-11-18(20-13-15(2)3)19(12-16)21-14-17-8-6-5-7-9-17/h1,5-12,15H,13-14H2,2-3H3. The number of terminal acetylenes is 1. The molecular weight excluding hydrogens is 260 g/mol. The van der Waals surface area contributed by atoms with Gasteiger partial charge in [0, 0.05) is 5.56 Å². The first-order valence-electron chi connectivity index (χ1n) is 7.09. The van der Waals surface area contributed by atoms with Gasteiger partial charge in [0.1, 0.15) is 6.61 Å². The van der Waals surface area contributed by atoms with Crippen molar-refractivity contribution in [2.45, 2.75) is 20.5 Å². The van der Waals surface area contributed by atoms with Crippen LogP contribution in [-0.4, -0.2) is 6.61 Å². The normalized spacial score (nSPS) is 10.2.